The summed E-state index contributed by atoms with van der Waals surface area (Å²) in [6, 6.07) is 1.73. The van der Waals surface area contributed by atoms with E-state index in [1.165, 1.54) is 19.3 Å². The molecule has 0 aliphatic carbocycles. The summed E-state index contributed by atoms with van der Waals surface area (Å²) in [5, 5.41) is 17.3. The molecule has 0 spiro atoms. The Bertz CT molecular complexity index is 274. The van der Waals surface area contributed by atoms with Crippen LogP contribution in [0.2, 0.25) is 0 Å². The number of unbranched alkanes of at least 4 members (excludes halogenated alkanes) is 4. The van der Waals surface area contributed by atoms with Crippen LogP contribution in [0.5, 0.6) is 0 Å². The van der Waals surface area contributed by atoms with E-state index in [9.17, 15) is 4.79 Å². The zero-order chi connectivity index (χ0) is 11.7. The average molecular weight is 209 g/mol. The van der Waals surface area contributed by atoms with Crippen LogP contribution in [0.4, 0.5) is 0 Å². The smallest absolute Gasteiger partial charge is 0.346 e. The van der Waals surface area contributed by atoms with E-state index in [-0.39, 0.29) is 5.57 Å². The van der Waals surface area contributed by atoms with Crippen LogP contribution in [0, 0.1) is 11.3 Å². The highest BCUT2D eigenvalue weighted by molar-refractivity contribution is 5.91. The predicted molar refractivity (Wildman–Crippen MR) is 59.3 cm³/mol. The molecule has 1 N–H and O–H groups in total. The summed E-state index contributed by atoms with van der Waals surface area (Å²) in [7, 11) is 0. The molecule has 0 aromatic heterocycles. The van der Waals surface area contributed by atoms with Crippen molar-refractivity contribution in [3.05, 3.63) is 11.1 Å². The Morgan fingerprint density at radius 2 is 1.87 bits per heavy atom. The first kappa shape index (κ1) is 13.7. The summed E-state index contributed by atoms with van der Waals surface area (Å²) in [4.78, 5) is 10.6. The molecule has 0 saturated carbocycles. The third-order valence-corrected chi connectivity index (χ3v) is 2.41. The van der Waals surface area contributed by atoms with Gasteiger partial charge >= 0.3 is 5.97 Å². The third kappa shape index (κ3) is 5.90. The number of carbonyl (C=O) groups is 1. The van der Waals surface area contributed by atoms with Crippen molar-refractivity contribution in [3.8, 4) is 6.07 Å². The van der Waals surface area contributed by atoms with Gasteiger partial charge in [0.05, 0.1) is 0 Å². The van der Waals surface area contributed by atoms with E-state index in [2.05, 4.69) is 6.92 Å². The maximum Gasteiger partial charge on any atom is 0.346 e. The second-order valence-electron chi connectivity index (χ2n) is 3.74. The highest BCUT2D eigenvalue weighted by Gasteiger charge is 2.09. The van der Waals surface area contributed by atoms with Gasteiger partial charge in [-0.25, -0.2) is 4.79 Å². The Labute approximate surface area is 91.4 Å². The van der Waals surface area contributed by atoms with E-state index in [1.54, 1.807) is 13.0 Å². The minimum Gasteiger partial charge on any atom is -0.477 e. The summed E-state index contributed by atoms with van der Waals surface area (Å²) < 4.78 is 0. The van der Waals surface area contributed by atoms with Gasteiger partial charge in [0.15, 0.2) is 0 Å². The van der Waals surface area contributed by atoms with Crippen molar-refractivity contribution in [3.63, 3.8) is 0 Å². The summed E-state index contributed by atoms with van der Waals surface area (Å²) in [5.74, 6) is -1.11. The minimum atomic E-state index is -1.11. The number of carboxylic acids is 1. The van der Waals surface area contributed by atoms with E-state index in [1.807, 2.05) is 0 Å². The summed E-state index contributed by atoms with van der Waals surface area (Å²) in [5.41, 5.74) is 0.604. The number of carboxylic acid groups (broad SMARTS) is 1. The zero-order valence-electron chi connectivity index (χ0n) is 9.55. The van der Waals surface area contributed by atoms with Crippen molar-refractivity contribution in [2.24, 2.45) is 0 Å². The molecule has 0 bridgehead atoms. The molecule has 0 rings (SSSR count). The third-order valence-electron chi connectivity index (χ3n) is 2.41. The lowest BCUT2D eigenvalue weighted by molar-refractivity contribution is -0.132. The van der Waals surface area contributed by atoms with Crippen molar-refractivity contribution >= 4 is 5.97 Å². The van der Waals surface area contributed by atoms with Gasteiger partial charge in [-0.2, -0.15) is 5.26 Å². The second-order valence-corrected chi connectivity index (χ2v) is 3.74. The zero-order valence-corrected chi connectivity index (χ0v) is 9.55. The van der Waals surface area contributed by atoms with Gasteiger partial charge in [-0.3, -0.25) is 0 Å². The molecule has 0 heterocycles. The van der Waals surface area contributed by atoms with Gasteiger partial charge in [0.1, 0.15) is 11.6 Å². The lowest BCUT2D eigenvalue weighted by atomic mass is 10.0. The molecule has 0 amide bonds. The molecule has 15 heavy (non-hydrogen) atoms. The maximum absolute atomic E-state index is 10.6. The fraction of sp³-hybridized carbons (Fsp3) is 0.667. The van der Waals surface area contributed by atoms with Crippen LogP contribution >= 0.6 is 0 Å². The van der Waals surface area contributed by atoms with Gasteiger partial charge in [-0.05, 0) is 25.3 Å². The van der Waals surface area contributed by atoms with Crippen LogP contribution in [-0.2, 0) is 4.79 Å². The average Bonchev–Trinajstić information content (AvgIpc) is 2.18. The molecule has 0 aliphatic rings. The van der Waals surface area contributed by atoms with E-state index in [4.69, 9.17) is 10.4 Å². The van der Waals surface area contributed by atoms with Gasteiger partial charge in [0, 0.05) is 0 Å². The lowest BCUT2D eigenvalue weighted by Gasteiger charge is -2.02. The molecule has 0 radical (unpaired) electrons. The largest absolute Gasteiger partial charge is 0.477 e. The molecule has 0 unspecified atom stereocenters. The van der Waals surface area contributed by atoms with Crippen LogP contribution in [0.3, 0.4) is 0 Å². The maximum atomic E-state index is 10.6. The molecule has 0 aromatic carbocycles. The number of hydrogen-bond acceptors (Lipinski definition) is 2. The number of allylic oxidation sites excluding steroid dienone is 1. The Balaban J connectivity index is 3.96. The first-order valence-electron chi connectivity index (χ1n) is 5.46. The van der Waals surface area contributed by atoms with Gasteiger partial charge in [-0.15, -0.1) is 0 Å². The van der Waals surface area contributed by atoms with E-state index >= 15 is 0 Å². The number of nitriles is 1. The highest BCUT2D eigenvalue weighted by Crippen LogP contribution is 2.14. The summed E-state index contributed by atoms with van der Waals surface area (Å²) in [6.45, 7) is 3.88. The Morgan fingerprint density at radius 3 is 2.33 bits per heavy atom. The van der Waals surface area contributed by atoms with Gasteiger partial charge in [0.2, 0.25) is 0 Å². The Hall–Kier alpha value is -1.30. The molecule has 0 aromatic rings. The molecule has 0 atom stereocenters. The number of rotatable bonds is 7. The van der Waals surface area contributed by atoms with E-state index in [0.29, 0.717) is 5.57 Å². The van der Waals surface area contributed by atoms with Crippen molar-refractivity contribution in [1.29, 1.82) is 5.26 Å². The van der Waals surface area contributed by atoms with E-state index in [0.717, 1.165) is 19.3 Å². The first-order valence-corrected chi connectivity index (χ1v) is 5.46. The van der Waals surface area contributed by atoms with Crippen LogP contribution in [0.1, 0.15) is 52.4 Å². The summed E-state index contributed by atoms with van der Waals surface area (Å²) >= 11 is 0. The first-order chi connectivity index (χ1) is 7.13. The minimum absolute atomic E-state index is 0.0921. The molecule has 3 nitrogen and oxygen atoms in total. The molecule has 0 fully saturated rings. The SMILES string of the molecule is CCCCCCCC(C)=C(C#N)C(=O)O. The van der Waals surface area contributed by atoms with Crippen molar-refractivity contribution in [2.45, 2.75) is 52.4 Å². The molecule has 0 aliphatic heterocycles. The molecule has 3 heteroatoms. The van der Waals surface area contributed by atoms with Crippen molar-refractivity contribution < 1.29 is 9.90 Å². The lowest BCUT2D eigenvalue weighted by Crippen LogP contribution is -2.01. The quantitative estimate of drug-likeness (QED) is 0.397. The van der Waals surface area contributed by atoms with Gasteiger partial charge in [-0.1, -0.05) is 32.6 Å². The Kier molecular flexibility index (Phi) is 7.35. The topological polar surface area (TPSA) is 61.1 Å². The Morgan fingerprint density at radius 1 is 1.27 bits per heavy atom. The molecule has 84 valence electrons. The fourth-order valence-corrected chi connectivity index (χ4v) is 1.44. The number of aliphatic carboxylic acids is 1. The van der Waals surface area contributed by atoms with Crippen LogP contribution < -0.4 is 0 Å². The van der Waals surface area contributed by atoms with Crippen LogP contribution in [0.25, 0.3) is 0 Å². The number of nitrogens with zero attached hydrogens (tertiary/aromatic N) is 1. The van der Waals surface area contributed by atoms with Gasteiger partial charge in [0.25, 0.3) is 0 Å². The summed E-state index contributed by atoms with van der Waals surface area (Å²) in [6.07, 6.45) is 6.44. The van der Waals surface area contributed by atoms with E-state index < -0.39 is 5.97 Å². The standard InChI is InChI=1S/C12H19NO2/c1-3-4-5-6-7-8-10(2)11(9-13)12(14)15/h3-8H2,1-2H3,(H,14,15). The highest BCUT2D eigenvalue weighted by atomic mass is 16.4. The van der Waals surface area contributed by atoms with Crippen LogP contribution in [0.15, 0.2) is 11.1 Å². The van der Waals surface area contributed by atoms with Crippen molar-refractivity contribution in [1.82, 2.24) is 0 Å². The predicted octanol–water partition coefficient (Wildman–Crippen LogP) is 3.27. The molecule has 0 saturated heterocycles. The second kappa shape index (κ2) is 8.05. The van der Waals surface area contributed by atoms with Crippen LogP contribution in [-0.4, -0.2) is 11.1 Å². The fourth-order valence-electron chi connectivity index (χ4n) is 1.44. The van der Waals surface area contributed by atoms with Gasteiger partial charge < -0.3 is 5.11 Å². The van der Waals surface area contributed by atoms with Crippen molar-refractivity contribution in [2.75, 3.05) is 0 Å². The normalized spacial score (nSPS) is 11.8. The number of hydrogen-bond donors (Lipinski definition) is 1. The molecular formula is C12H19NO2. The molecular weight excluding hydrogens is 190 g/mol. The monoisotopic (exact) mass is 209 g/mol.